The standard InChI is InChI=1S/C16H17N5O3/c1-9-12(13-15(24-9)18-8-20(2)16(13)23)14(22)19-10-3-4-11-17-5-6-21(11)7-10/h5-6,8,10H,3-4,7H2,1-2H3,(H,19,22). The fourth-order valence-electron chi connectivity index (χ4n) is 3.20. The predicted octanol–water partition coefficient (Wildman–Crippen LogP) is 0.776. The molecule has 4 heterocycles. The molecule has 0 saturated carbocycles. The van der Waals surface area contributed by atoms with Gasteiger partial charge in [-0.2, -0.15) is 0 Å². The minimum Gasteiger partial charge on any atom is -0.442 e. The van der Waals surface area contributed by atoms with Crippen molar-refractivity contribution in [1.82, 2.24) is 24.4 Å². The van der Waals surface area contributed by atoms with Crippen LogP contribution in [0.4, 0.5) is 0 Å². The predicted molar refractivity (Wildman–Crippen MR) is 85.8 cm³/mol. The monoisotopic (exact) mass is 327 g/mol. The fraction of sp³-hybridized carbons (Fsp3) is 0.375. The highest BCUT2D eigenvalue weighted by atomic mass is 16.3. The van der Waals surface area contributed by atoms with Crippen LogP contribution in [0.1, 0.15) is 28.4 Å². The van der Waals surface area contributed by atoms with Crippen molar-refractivity contribution in [3.63, 3.8) is 0 Å². The van der Waals surface area contributed by atoms with Gasteiger partial charge >= 0.3 is 0 Å². The number of aromatic nitrogens is 4. The first-order chi connectivity index (χ1) is 11.5. The molecule has 3 aromatic rings. The molecule has 1 aliphatic heterocycles. The second-order valence-electron chi connectivity index (χ2n) is 6.08. The van der Waals surface area contributed by atoms with E-state index in [9.17, 15) is 9.59 Å². The number of imidazole rings is 1. The van der Waals surface area contributed by atoms with Crippen LogP contribution < -0.4 is 10.9 Å². The molecule has 1 amide bonds. The Kier molecular flexibility index (Phi) is 3.26. The molecule has 124 valence electrons. The van der Waals surface area contributed by atoms with E-state index in [0.717, 1.165) is 18.7 Å². The molecule has 0 aliphatic carbocycles. The number of fused-ring (bicyclic) bond motifs is 2. The molecule has 1 aliphatic rings. The van der Waals surface area contributed by atoms with E-state index in [4.69, 9.17) is 4.42 Å². The molecule has 0 radical (unpaired) electrons. The number of aryl methyl sites for hydroxylation is 3. The second-order valence-corrected chi connectivity index (χ2v) is 6.08. The number of carbonyl (C=O) groups excluding carboxylic acids is 1. The number of hydrogen-bond donors (Lipinski definition) is 1. The molecule has 3 aromatic heterocycles. The lowest BCUT2D eigenvalue weighted by molar-refractivity contribution is 0.0927. The Morgan fingerprint density at radius 3 is 3.08 bits per heavy atom. The molecule has 0 bridgehead atoms. The van der Waals surface area contributed by atoms with Gasteiger partial charge in [-0.25, -0.2) is 9.97 Å². The Bertz CT molecular complexity index is 997. The van der Waals surface area contributed by atoms with Crippen LogP contribution in [-0.4, -0.2) is 31.1 Å². The Balaban J connectivity index is 1.66. The summed E-state index contributed by atoms with van der Waals surface area (Å²) in [6.45, 7) is 2.34. The van der Waals surface area contributed by atoms with Crippen molar-refractivity contribution in [2.45, 2.75) is 32.4 Å². The average molecular weight is 327 g/mol. The number of furan rings is 1. The van der Waals surface area contributed by atoms with Crippen LogP contribution in [-0.2, 0) is 20.0 Å². The summed E-state index contributed by atoms with van der Waals surface area (Å²) in [5.74, 6) is 1.13. The van der Waals surface area contributed by atoms with Gasteiger partial charge in [0.15, 0.2) is 0 Å². The highest BCUT2D eigenvalue weighted by molar-refractivity contribution is 6.06. The second kappa shape index (κ2) is 5.33. The number of amides is 1. The van der Waals surface area contributed by atoms with E-state index < -0.39 is 0 Å². The number of carbonyl (C=O) groups is 1. The summed E-state index contributed by atoms with van der Waals surface area (Å²) in [5.41, 5.74) is 0.180. The summed E-state index contributed by atoms with van der Waals surface area (Å²) in [4.78, 5) is 33.5. The number of nitrogens with one attached hydrogen (secondary N) is 1. The van der Waals surface area contributed by atoms with E-state index in [1.807, 2.05) is 10.8 Å². The van der Waals surface area contributed by atoms with Crippen LogP contribution in [0.25, 0.3) is 11.1 Å². The van der Waals surface area contributed by atoms with Gasteiger partial charge in [0.25, 0.3) is 11.5 Å². The van der Waals surface area contributed by atoms with E-state index in [1.165, 1.54) is 10.9 Å². The number of nitrogens with zero attached hydrogens (tertiary/aromatic N) is 4. The van der Waals surface area contributed by atoms with Crippen molar-refractivity contribution in [2.24, 2.45) is 7.05 Å². The number of rotatable bonds is 2. The molecule has 0 saturated heterocycles. The van der Waals surface area contributed by atoms with Crippen LogP contribution >= 0.6 is 0 Å². The topological polar surface area (TPSA) is 94.9 Å². The smallest absolute Gasteiger partial charge is 0.265 e. The molecule has 0 spiro atoms. The normalized spacial score (nSPS) is 17.0. The lowest BCUT2D eigenvalue weighted by Crippen LogP contribution is -2.41. The lowest BCUT2D eigenvalue weighted by Gasteiger charge is -2.24. The van der Waals surface area contributed by atoms with Crippen molar-refractivity contribution >= 4 is 17.0 Å². The Labute approximate surface area is 137 Å². The van der Waals surface area contributed by atoms with E-state index in [1.54, 1.807) is 20.2 Å². The van der Waals surface area contributed by atoms with Gasteiger partial charge in [-0.05, 0) is 13.3 Å². The zero-order valence-electron chi connectivity index (χ0n) is 13.4. The molecule has 1 unspecified atom stereocenters. The molecule has 8 nitrogen and oxygen atoms in total. The van der Waals surface area contributed by atoms with Gasteiger partial charge in [-0.15, -0.1) is 0 Å². The first-order valence-corrected chi connectivity index (χ1v) is 7.80. The SMILES string of the molecule is Cc1oc2ncn(C)c(=O)c2c1C(=O)NC1CCc2nccn2C1. The van der Waals surface area contributed by atoms with Crippen molar-refractivity contribution in [3.8, 4) is 0 Å². The minimum absolute atomic E-state index is 0.0101. The van der Waals surface area contributed by atoms with Crippen LogP contribution in [0, 0.1) is 6.92 Å². The van der Waals surface area contributed by atoms with Gasteiger partial charge in [-0.1, -0.05) is 0 Å². The van der Waals surface area contributed by atoms with Gasteiger partial charge in [0, 0.05) is 38.4 Å². The highest BCUT2D eigenvalue weighted by Crippen LogP contribution is 2.21. The zero-order chi connectivity index (χ0) is 16.8. The molecule has 24 heavy (non-hydrogen) atoms. The maximum Gasteiger partial charge on any atom is 0.265 e. The molecule has 1 N–H and O–H groups in total. The average Bonchev–Trinajstić information content (AvgIpc) is 3.14. The summed E-state index contributed by atoms with van der Waals surface area (Å²) in [7, 11) is 1.60. The molecular weight excluding hydrogens is 310 g/mol. The minimum atomic E-state index is -0.301. The van der Waals surface area contributed by atoms with Crippen LogP contribution in [0.5, 0.6) is 0 Å². The number of hydrogen-bond acceptors (Lipinski definition) is 5. The summed E-state index contributed by atoms with van der Waals surface area (Å²) < 4.78 is 8.87. The molecule has 4 rings (SSSR count). The third-order valence-electron chi connectivity index (χ3n) is 4.45. The lowest BCUT2D eigenvalue weighted by atomic mass is 10.1. The first kappa shape index (κ1) is 14.7. The van der Waals surface area contributed by atoms with Gasteiger partial charge in [-0.3, -0.25) is 9.59 Å². The molecule has 0 aromatic carbocycles. The van der Waals surface area contributed by atoms with Crippen molar-refractivity contribution < 1.29 is 9.21 Å². The fourth-order valence-corrected chi connectivity index (χ4v) is 3.20. The van der Waals surface area contributed by atoms with Gasteiger partial charge in [0.2, 0.25) is 5.71 Å². The van der Waals surface area contributed by atoms with Crippen LogP contribution in [0.3, 0.4) is 0 Å². The summed E-state index contributed by atoms with van der Waals surface area (Å²) in [6.07, 6.45) is 6.69. The first-order valence-electron chi connectivity index (χ1n) is 7.80. The molecule has 8 heteroatoms. The Morgan fingerprint density at radius 1 is 1.42 bits per heavy atom. The molecule has 1 atom stereocenters. The van der Waals surface area contributed by atoms with Gasteiger partial charge in [0.05, 0.1) is 5.56 Å². The van der Waals surface area contributed by atoms with E-state index >= 15 is 0 Å². The molecular formula is C16H17N5O3. The third kappa shape index (κ3) is 2.22. The summed E-state index contributed by atoms with van der Waals surface area (Å²) in [6, 6.07) is -0.0101. The quantitative estimate of drug-likeness (QED) is 0.750. The maximum atomic E-state index is 12.8. The van der Waals surface area contributed by atoms with Crippen molar-refractivity contribution in [3.05, 3.63) is 46.2 Å². The van der Waals surface area contributed by atoms with Crippen LogP contribution in [0.15, 0.2) is 27.9 Å². The van der Waals surface area contributed by atoms with Crippen LogP contribution in [0.2, 0.25) is 0 Å². The largest absolute Gasteiger partial charge is 0.442 e. The van der Waals surface area contributed by atoms with Crippen molar-refractivity contribution in [2.75, 3.05) is 0 Å². The third-order valence-corrected chi connectivity index (χ3v) is 4.45. The van der Waals surface area contributed by atoms with Gasteiger partial charge < -0.3 is 18.9 Å². The summed E-state index contributed by atoms with van der Waals surface area (Å²) >= 11 is 0. The molecule has 0 fully saturated rings. The summed E-state index contributed by atoms with van der Waals surface area (Å²) in [5, 5.41) is 3.24. The van der Waals surface area contributed by atoms with E-state index in [0.29, 0.717) is 12.3 Å². The zero-order valence-corrected chi connectivity index (χ0v) is 13.4. The maximum absolute atomic E-state index is 12.8. The van der Waals surface area contributed by atoms with E-state index in [-0.39, 0.29) is 34.2 Å². The Hall–Kier alpha value is -2.90. The van der Waals surface area contributed by atoms with Gasteiger partial charge in [0.1, 0.15) is 23.3 Å². The van der Waals surface area contributed by atoms with Crippen molar-refractivity contribution in [1.29, 1.82) is 0 Å². The highest BCUT2D eigenvalue weighted by Gasteiger charge is 2.26. The Morgan fingerprint density at radius 2 is 2.25 bits per heavy atom. The van der Waals surface area contributed by atoms with E-state index in [2.05, 4.69) is 15.3 Å².